The van der Waals surface area contributed by atoms with Crippen LogP contribution in [0.25, 0.3) is 0 Å². The van der Waals surface area contributed by atoms with Crippen molar-refractivity contribution in [3.8, 4) is 5.75 Å². The van der Waals surface area contributed by atoms with Crippen molar-refractivity contribution in [1.29, 1.82) is 0 Å². The number of phenols is 1. The van der Waals surface area contributed by atoms with Crippen molar-refractivity contribution in [2.24, 2.45) is 4.99 Å². The minimum absolute atomic E-state index is 0.00590. The van der Waals surface area contributed by atoms with Gasteiger partial charge in [0.05, 0.1) is 25.0 Å². The molecule has 204 valence electrons. The first-order valence-corrected chi connectivity index (χ1v) is 12.9. The van der Waals surface area contributed by atoms with E-state index in [-0.39, 0.29) is 49.1 Å². The molecule has 4 N–H and O–H groups in total. The predicted molar refractivity (Wildman–Crippen MR) is 140 cm³/mol. The van der Waals surface area contributed by atoms with Gasteiger partial charge in [0.2, 0.25) is 6.43 Å². The number of alkyl halides is 3. The van der Waals surface area contributed by atoms with E-state index in [2.05, 4.69) is 20.9 Å². The van der Waals surface area contributed by atoms with Crippen LogP contribution in [-0.2, 0) is 10.2 Å². The smallest absolute Gasteiger partial charge is 0.251 e. The van der Waals surface area contributed by atoms with E-state index in [0.717, 1.165) is 5.56 Å². The summed E-state index contributed by atoms with van der Waals surface area (Å²) < 4.78 is 40.5. The van der Waals surface area contributed by atoms with E-state index in [0.29, 0.717) is 41.5 Å². The highest BCUT2D eigenvalue weighted by Crippen LogP contribution is 2.53. The van der Waals surface area contributed by atoms with Gasteiger partial charge in [0.15, 0.2) is 11.7 Å². The van der Waals surface area contributed by atoms with E-state index in [4.69, 9.17) is 11.6 Å². The Morgan fingerprint density at radius 1 is 1.21 bits per heavy atom. The fourth-order valence-corrected chi connectivity index (χ4v) is 4.83. The van der Waals surface area contributed by atoms with Crippen molar-refractivity contribution in [2.75, 3.05) is 25.0 Å². The number of ketones is 1. The molecule has 4 rings (SSSR count). The minimum Gasteiger partial charge on any atom is -0.508 e. The van der Waals surface area contributed by atoms with Gasteiger partial charge in [0.1, 0.15) is 11.9 Å². The normalized spacial score (nSPS) is 18.8. The SMILES string of the molecule is CC[C@H](CC(=O)CNC(=O)c1cc(O)cc(NC2=NCC(F)CN2)c1)c1cc(Cl)cc(C2(C(F)F)CC2)c1. The zero-order chi connectivity index (χ0) is 27.4. The first-order chi connectivity index (χ1) is 18.1. The fraction of sp³-hybridized carbons (Fsp3) is 0.444. The number of guanidine groups is 1. The van der Waals surface area contributed by atoms with Crippen molar-refractivity contribution in [3.05, 3.63) is 58.1 Å². The van der Waals surface area contributed by atoms with Gasteiger partial charge < -0.3 is 21.1 Å². The van der Waals surface area contributed by atoms with Gasteiger partial charge in [-0.2, -0.15) is 0 Å². The van der Waals surface area contributed by atoms with E-state index in [1.165, 1.54) is 18.2 Å². The van der Waals surface area contributed by atoms with Gasteiger partial charge in [-0.25, -0.2) is 18.2 Å². The third-order valence-electron chi connectivity index (χ3n) is 6.97. The summed E-state index contributed by atoms with van der Waals surface area (Å²) in [6, 6.07) is 9.13. The molecule has 11 heteroatoms. The van der Waals surface area contributed by atoms with Crippen LogP contribution in [-0.4, -0.2) is 55.0 Å². The highest BCUT2D eigenvalue weighted by Gasteiger charge is 2.52. The monoisotopic (exact) mass is 550 g/mol. The minimum atomic E-state index is -2.48. The lowest BCUT2D eigenvalue weighted by atomic mass is 9.87. The Bertz CT molecular complexity index is 1240. The molecule has 38 heavy (non-hydrogen) atoms. The molecule has 2 atom stereocenters. The number of phenolic OH excluding ortho intramolecular Hbond substituents is 1. The van der Waals surface area contributed by atoms with Crippen molar-refractivity contribution in [2.45, 2.75) is 56.5 Å². The van der Waals surface area contributed by atoms with Crippen LogP contribution < -0.4 is 16.0 Å². The van der Waals surface area contributed by atoms with Crippen LogP contribution in [0, 0.1) is 0 Å². The van der Waals surface area contributed by atoms with Crippen LogP contribution >= 0.6 is 11.6 Å². The van der Waals surface area contributed by atoms with Gasteiger partial charge in [-0.1, -0.05) is 24.6 Å². The van der Waals surface area contributed by atoms with Crippen LogP contribution in [0.5, 0.6) is 5.75 Å². The van der Waals surface area contributed by atoms with Crippen molar-refractivity contribution < 1.29 is 27.9 Å². The summed E-state index contributed by atoms with van der Waals surface area (Å²) in [5, 5.41) is 18.6. The number of hydrogen-bond donors (Lipinski definition) is 4. The summed E-state index contributed by atoms with van der Waals surface area (Å²) >= 11 is 6.25. The predicted octanol–water partition coefficient (Wildman–Crippen LogP) is 4.93. The molecule has 1 heterocycles. The number of amides is 1. The van der Waals surface area contributed by atoms with Gasteiger partial charge in [0.25, 0.3) is 5.91 Å². The number of hydrogen-bond acceptors (Lipinski definition) is 6. The van der Waals surface area contributed by atoms with E-state index >= 15 is 0 Å². The molecule has 2 aromatic rings. The van der Waals surface area contributed by atoms with Crippen molar-refractivity contribution >= 4 is 34.9 Å². The maximum absolute atomic E-state index is 13.6. The maximum Gasteiger partial charge on any atom is 0.251 e. The van der Waals surface area contributed by atoms with Gasteiger partial charge in [-0.3, -0.25) is 9.59 Å². The van der Waals surface area contributed by atoms with Crippen molar-refractivity contribution in [1.82, 2.24) is 10.6 Å². The number of aromatic hydroxyl groups is 1. The number of aliphatic imine (C=N–C) groups is 1. The highest BCUT2D eigenvalue weighted by molar-refractivity contribution is 6.30. The molecule has 2 aliphatic rings. The van der Waals surface area contributed by atoms with Gasteiger partial charge in [-0.05, 0) is 60.6 Å². The Labute approximate surface area is 223 Å². The van der Waals surface area contributed by atoms with E-state index in [1.807, 2.05) is 6.92 Å². The van der Waals surface area contributed by atoms with Gasteiger partial charge in [-0.15, -0.1) is 0 Å². The summed E-state index contributed by atoms with van der Waals surface area (Å²) in [4.78, 5) is 29.5. The summed E-state index contributed by atoms with van der Waals surface area (Å²) in [5.41, 5.74) is 0.559. The van der Waals surface area contributed by atoms with Crippen LogP contribution in [0.1, 0.15) is 60.0 Å². The Balaban J connectivity index is 1.37. The molecule has 1 unspecified atom stereocenters. The second-order valence-electron chi connectivity index (χ2n) is 9.82. The van der Waals surface area contributed by atoms with Crippen LogP contribution in [0.2, 0.25) is 5.02 Å². The molecule has 0 spiro atoms. The highest BCUT2D eigenvalue weighted by atomic mass is 35.5. The number of benzene rings is 2. The molecule has 0 radical (unpaired) electrons. The molecule has 0 bridgehead atoms. The first-order valence-electron chi connectivity index (χ1n) is 12.5. The van der Waals surface area contributed by atoms with Gasteiger partial charge in [0, 0.05) is 28.8 Å². The second-order valence-corrected chi connectivity index (χ2v) is 10.3. The van der Waals surface area contributed by atoms with E-state index in [1.54, 1.807) is 18.2 Å². The zero-order valence-electron chi connectivity index (χ0n) is 20.9. The van der Waals surface area contributed by atoms with Crippen LogP contribution in [0.4, 0.5) is 18.9 Å². The molecule has 7 nitrogen and oxygen atoms in total. The third-order valence-corrected chi connectivity index (χ3v) is 7.19. The molecule has 1 amide bonds. The number of nitrogens with zero attached hydrogens (tertiary/aromatic N) is 1. The topological polar surface area (TPSA) is 103 Å². The number of carbonyl (C=O) groups excluding carboxylic acids is 2. The average molecular weight is 551 g/mol. The Kier molecular flexibility index (Phi) is 8.50. The lowest BCUT2D eigenvalue weighted by Gasteiger charge is -2.20. The van der Waals surface area contributed by atoms with Crippen LogP contribution in [0.15, 0.2) is 41.4 Å². The summed E-state index contributed by atoms with van der Waals surface area (Å²) in [6.07, 6.45) is -2.06. The first kappa shape index (κ1) is 27.8. The number of rotatable bonds is 10. The number of nitrogens with one attached hydrogen (secondary N) is 3. The molecule has 0 saturated heterocycles. The molecular weight excluding hydrogens is 521 g/mol. The van der Waals surface area contributed by atoms with Gasteiger partial charge >= 0.3 is 0 Å². The number of carbonyl (C=O) groups is 2. The number of anilines is 1. The van der Waals surface area contributed by atoms with E-state index in [9.17, 15) is 27.9 Å². The van der Waals surface area contributed by atoms with E-state index < -0.39 is 23.9 Å². The molecule has 1 aliphatic heterocycles. The summed E-state index contributed by atoms with van der Waals surface area (Å²) in [6.45, 7) is 1.76. The quantitative estimate of drug-likeness (QED) is 0.336. The largest absolute Gasteiger partial charge is 0.508 e. The average Bonchev–Trinajstić information content (AvgIpc) is 3.69. The lowest BCUT2D eigenvalue weighted by Crippen LogP contribution is -2.40. The molecule has 1 fully saturated rings. The Morgan fingerprint density at radius 2 is 1.97 bits per heavy atom. The Hall–Kier alpha value is -3.27. The fourth-order valence-electron chi connectivity index (χ4n) is 4.58. The number of halogens is 4. The summed E-state index contributed by atoms with van der Waals surface area (Å²) in [5.74, 6) is -0.894. The van der Waals surface area contributed by atoms with Crippen LogP contribution in [0.3, 0.4) is 0 Å². The molecule has 0 aromatic heterocycles. The molecule has 2 aromatic carbocycles. The Morgan fingerprint density at radius 3 is 2.61 bits per heavy atom. The number of Topliss-reactive ketones (excluding diaryl/α,β-unsaturated/α-hetero) is 1. The molecule has 1 saturated carbocycles. The maximum atomic E-state index is 13.6. The lowest BCUT2D eigenvalue weighted by molar-refractivity contribution is -0.118. The second kappa shape index (κ2) is 11.6. The molecule has 1 aliphatic carbocycles. The summed E-state index contributed by atoms with van der Waals surface area (Å²) in [7, 11) is 0. The standard InChI is InChI=1S/C27H30ClF3N4O3/c1-2-15(16-5-18(10-19(28)6-16)27(3-4-27)25(30)31)8-23(37)14-32-24(38)17-7-21(11-22(36)9-17)35-26-33-12-20(29)13-34-26/h5-7,9-11,15,20,25,36H,2-4,8,12-14H2,1H3,(H,32,38)(H2,33,34,35)/t15-/m1/s1. The third kappa shape index (κ3) is 6.59. The zero-order valence-corrected chi connectivity index (χ0v) is 21.6. The molecular formula is C27H30ClF3N4O3. The van der Waals surface area contributed by atoms with Crippen molar-refractivity contribution in [3.63, 3.8) is 0 Å².